The summed E-state index contributed by atoms with van der Waals surface area (Å²) in [5, 5.41) is 20.4. The summed E-state index contributed by atoms with van der Waals surface area (Å²) in [6, 6.07) is 11.5. The zero-order chi connectivity index (χ0) is 21.0. The van der Waals surface area contributed by atoms with E-state index in [1.165, 1.54) is 25.5 Å². The molecule has 8 heteroatoms. The van der Waals surface area contributed by atoms with Crippen molar-refractivity contribution in [2.45, 2.75) is 5.92 Å². The van der Waals surface area contributed by atoms with Crippen LogP contribution >= 0.6 is 0 Å². The van der Waals surface area contributed by atoms with E-state index in [1.807, 2.05) is 6.07 Å². The molecule has 3 heterocycles. The van der Waals surface area contributed by atoms with E-state index < -0.39 is 11.5 Å². The molecule has 0 saturated heterocycles. The molecule has 1 aliphatic heterocycles. The number of aromatic hydroxyl groups is 1. The zero-order valence-electron chi connectivity index (χ0n) is 15.6. The Morgan fingerprint density at radius 3 is 2.67 bits per heavy atom. The van der Waals surface area contributed by atoms with Crippen molar-refractivity contribution in [2.75, 3.05) is 7.11 Å². The first-order valence-electron chi connectivity index (χ1n) is 8.95. The van der Waals surface area contributed by atoms with Crippen LogP contribution in [0.1, 0.15) is 17.0 Å². The summed E-state index contributed by atoms with van der Waals surface area (Å²) in [5.74, 6) is -0.338. The highest BCUT2D eigenvalue weighted by atomic mass is 16.5. The van der Waals surface area contributed by atoms with Crippen LogP contribution in [-0.4, -0.2) is 12.2 Å². The van der Waals surface area contributed by atoms with E-state index in [0.29, 0.717) is 27.7 Å². The van der Waals surface area contributed by atoms with E-state index in [2.05, 4.69) is 0 Å². The molecule has 2 aromatic carbocycles. The van der Waals surface area contributed by atoms with Gasteiger partial charge in [0.1, 0.15) is 39.7 Å². The highest BCUT2D eigenvalue weighted by molar-refractivity contribution is 6.04. The number of furan rings is 1. The monoisotopic (exact) mass is 402 g/mol. The van der Waals surface area contributed by atoms with E-state index >= 15 is 0 Å². The predicted molar refractivity (Wildman–Crippen MR) is 106 cm³/mol. The van der Waals surface area contributed by atoms with E-state index in [0.717, 1.165) is 0 Å². The minimum atomic E-state index is -0.829. The van der Waals surface area contributed by atoms with Crippen LogP contribution in [0.5, 0.6) is 17.2 Å². The van der Waals surface area contributed by atoms with Gasteiger partial charge in [-0.25, -0.2) is 4.79 Å². The van der Waals surface area contributed by atoms with Gasteiger partial charge < -0.3 is 29.1 Å². The predicted octanol–water partition coefficient (Wildman–Crippen LogP) is 3.47. The number of phenolic OH excluding ortho intramolecular Hbond substituents is 1. The molecular formula is C22H14N2O6. The number of nitriles is 1. The second kappa shape index (κ2) is 6.32. The molecule has 0 spiro atoms. The Kier molecular flexibility index (Phi) is 3.73. The fraction of sp³-hybridized carbons (Fsp3) is 0.0909. The molecule has 0 fully saturated rings. The van der Waals surface area contributed by atoms with Crippen molar-refractivity contribution in [1.82, 2.24) is 0 Å². The molecular weight excluding hydrogens is 388 g/mol. The van der Waals surface area contributed by atoms with Gasteiger partial charge in [0.05, 0.1) is 30.2 Å². The van der Waals surface area contributed by atoms with Gasteiger partial charge in [0, 0.05) is 6.07 Å². The van der Waals surface area contributed by atoms with Crippen molar-refractivity contribution in [3.8, 4) is 23.3 Å². The van der Waals surface area contributed by atoms with E-state index in [9.17, 15) is 15.2 Å². The van der Waals surface area contributed by atoms with Crippen molar-refractivity contribution in [3.05, 3.63) is 75.7 Å². The quantitative estimate of drug-likeness (QED) is 0.487. The summed E-state index contributed by atoms with van der Waals surface area (Å²) in [7, 11) is 1.49. The summed E-state index contributed by atoms with van der Waals surface area (Å²) in [6.07, 6.45) is 1.50. The van der Waals surface area contributed by atoms with Crippen LogP contribution in [0.2, 0.25) is 0 Å². The number of phenols is 1. The van der Waals surface area contributed by atoms with E-state index in [1.54, 1.807) is 24.3 Å². The maximum absolute atomic E-state index is 13.0. The molecule has 1 aliphatic rings. The molecule has 2 aromatic heterocycles. The van der Waals surface area contributed by atoms with E-state index in [-0.39, 0.29) is 34.1 Å². The second-order valence-electron chi connectivity index (χ2n) is 6.76. The largest absolute Gasteiger partial charge is 0.508 e. The molecule has 5 rings (SSSR count). The fourth-order valence-corrected chi connectivity index (χ4v) is 3.87. The highest BCUT2D eigenvalue weighted by Gasteiger charge is 2.36. The zero-order valence-corrected chi connectivity index (χ0v) is 15.6. The number of benzene rings is 2. The number of hydrogen-bond acceptors (Lipinski definition) is 8. The molecule has 148 valence electrons. The molecule has 0 radical (unpaired) electrons. The highest BCUT2D eigenvalue weighted by Crippen LogP contribution is 2.48. The SMILES string of the molecule is COc1c2ccoc2cc2oc(=O)c3c(c12)OC(N)=C(C#N)C3c1ccc(O)cc1. The number of fused-ring (bicyclic) bond motifs is 4. The molecule has 0 amide bonds. The van der Waals surface area contributed by atoms with Gasteiger partial charge in [-0.3, -0.25) is 0 Å². The summed E-state index contributed by atoms with van der Waals surface area (Å²) >= 11 is 0. The van der Waals surface area contributed by atoms with Gasteiger partial charge in [0.2, 0.25) is 5.88 Å². The number of methoxy groups -OCH3 is 1. The van der Waals surface area contributed by atoms with Crippen LogP contribution in [0.3, 0.4) is 0 Å². The minimum absolute atomic E-state index is 0.0519. The first-order chi connectivity index (χ1) is 14.5. The molecule has 0 saturated carbocycles. The van der Waals surface area contributed by atoms with Crippen LogP contribution in [0.25, 0.3) is 21.9 Å². The molecule has 3 N–H and O–H groups in total. The Balaban J connectivity index is 1.92. The number of nitrogens with two attached hydrogens (primary N) is 1. The lowest BCUT2D eigenvalue weighted by Crippen LogP contribution is -2.26. The third kappa shape index (κ3) is 2.36. The lowest BCUT2D eigenvalue weighted by Gasteiger charge is -2.26. The molecule has 4 aromatic rings. The van der Waals surface area contributed by atoms with Gasteiger partial charge in [-0.15, -0.1) is 0 Å². The van der Waals surface area contributed by atoms with Crippen LogP contribution in [-0.2, 0) is 0 Å². The number of rotatable bonds is 2. The van der Waals surface area contributed by atoms with Gasteiger partial charge in [-0.2, -0.15) is 5.26 Å². The van der Waals surface area contributed by atoms with Gasteiger partial charge >= 0.3 is 5.63 Å². The molecule has 1 atom stereocenters. The minimum Gasteiger partial charge on any atom is -0.508 e. The summed E-state index contributed by atoms with van der Waals surface area (Å²) < 4.78 is 22.4. The lowest BCUT2D eigenvalue weighted by atomic mass is 9.83. The lowest BCUT2D eigenvalue weighted by molar-refractivity contribution is 0.382. The van der Waals surface area contributed by atoms with Crippen molar-refractivity contribution in [1.29, 1.82) is 5.26 Å². The molecule has 0 aliphatic carbocycles. The van der Waals surface area contributed by atoms with Crippen molar-refractivity contribution in [2.24, 2.45) is 5.73 Å². The summed E-state index contributed by atoms with van der Waals surface area (Å²) in [5.41, 5.74) is 6.86. The summed E-state index contributed by atoms with van der Waals surface area (Å²) in [4.78, 5) is 13.0. The number of nitrogens with zero attached hydrogens (tertiary/aromatic N) is 1. The molecule has 30 heavy (non-hydrogen) atoms. The maximum atomic E-state index is 13.0. The number of allylic oxidation sites excluding steroid dienone is 1. The number of hydrogen-bond donors (Lipinski definition) is 2. The smallest absolute Gasteiger partial charge is 0.344 e. The van der Waals surface area contributed by atoms with Crippen LogP contribution < -0.4 is 20.8 Å². The van der Waals surface area contributed by atoms with Gasteiger partial charge in [0.15, 0.2) is 5.75 Å². The van der Waals surface area contributed by atoms with Gasteiger partial charge in [0.25, 0.3) is 0 Å². The first-order valence-corrected chi connectivity index (χ1v) is 8.95. The van der Waals surface area contributed by atoms with Crippen LogP contribution in [0.15, 0.2) is 67.7 Å². The van der Waals surface area contributed by atoms with Gasteiger partial charge in [-0.1, -0.05) is 12.1 Å². The average molecular weight is 402 g/mol. The van der Waals surface area contributed by atoms with Crippen LogP contribution in [0.4, 0.5) is 0 Å². The van der Waals surface area contributed by atoms with Crippen molar-refractivity contribution < 1.29 is 23.4 Å². The fourth-order valence-electron chi connectivity index (χ4n) is 3.87. The molecule has 8 nitrogen and oxygen atoms in total. The van der Waals surface area contributed by atoms with Crippen LogP contribution in [0, 0.1) is 11.3 Å². The van der Waals surface area contributed by atoms with Crippen molar-refractivity contribution in [3.63, 3.8) is 0 Å². The molecule has 1 unspecified atom stereocenters. The second-order valence-corrected chi connectivity index (χ2v) is 6.76. The molecule has 0 bridgehead atoms. The Hall–Kier alpha value is -4.38. The van der Waals surface area contributed by atoms with E-state index in [4.69, 9.17) is 24.0 Å². The van der Waals surface area contributed by atoms with Gasteiger partial charge in [-0.05, 0) is 23.8 Å². The standard InChI is InChI=1S/C22H14N2O6/c1-27-19-12-6-7-28-14(12)8-15-17(19)20-18(22(26)29-15)16(13(9-23)21(24)30-20)10-2-4-11(25)5-3-10/h2-8,16,25H,24H2,1H3. The normalized spacial score (nSPS) is 15.7. The maximum Gasteiger partial charge on any atom is 0.344 e. The summed E-state index contributed by atoms with van der Waals surface area (Å²) in [6.45, 7) is 0. The third-order valence-corrected chi connectivity index (χ3v) is 5.18. The Morgan fingerprint density at radius 2 is 1.97 bits per heavy atom. The first kappa shape index (κ1) is 17.7. The average Bonchev–Trinajstić information content (AvgIpc) is 3.20. The van der Waals surface area contributed by atoms with Crippen molar-refractivity contribution >= 4 is 21.9 Å². The Bertz CT molecular complexity index is 1450. The Morgan fingerprint density at radius 1 is 1.20 bits per heavy atom. The number of ether oxygens (including phenoxy) is 2. The third-order valence-electron chi connectivity index (χ3n) is 5.18. The Labute approximate surface area is 168 Å². The topological polar surface area (TPSA) is 132 Å².